The van der Waals surface area contributed by atoms with Crippen molar-refractivity contribution in [2.75, 3.05) is 24.8 Å². The molecule has 1 N–H and O–H groups in total. The Labute approximate surface area is 181 Å². The lowest BCUT2D eigenvalue weighted by molar-refractivity contribution is -0.114. The molecule has 2 amide bonds. The second-order valence-electron chi connectivity index (χ2n) is 8.05. The highest BCUT2D eigenvalue weighted by Crippen LogP contribution is 2.70. The molecule has 7 heteroatoms. The zero-order valence-corrected chi connectivity index (χ0v) is 20.4. The van der Waals surface area contributed by atoms with Gasteiger partial charge in [-0.1, -0.05) is 12.1 Å². The van der Waals surface area contributed by atoms with Crippen LogP contribution >= 0.6 is 7.26 Å². The Kier molecular flexibility index (Phi) is 9.74. The molecular formula is C23H36N2O4P+. The van der Waals surface area contributed by atoms with Crippen molar-refractivity contribution in [2.45, 2.75) is 65.4 Å². The van der Waals surface area contributed by atoms with Gasteiger partial charge in [-0.05, 0) is 66.5 Å². The maximum atomic E-state index is 13.6. The van der Waals surface area contributed by atoms with Crippen molar-refractivity contribution in [3.63, 3.8) is 0 Å². The molecule has 30 heavy (non-hydrogen) atoms. The van der Waals surface area contributed by atoms with Crippen molar-refractivity contribution in [1.82, 2.24) is 0 Å². The Morgan fingerprint density at radius 3 is 2.03 bits per heavy atom. The molecule has 0 spiro atoms. The van der Waals surface area contributed by atoms with Crippen LogP contribution in [-0.4, -0.2) is 54.7 Å². The number of rotatable bonds is 9. The quantitative estimate of drug-likeness (QED) is 0.311. The molecule has 6 nitrogen and oxygen atoms in total. The normalized spacial score (nSPS) is 11.4. The minimum absolute atomic E-state index is 0.127. The van der Waals surface area contributed by atoms with Gasteiger partial charge in [-0.2, -0.15) is 0 Å². The molecule has 0 fully saturated rings. The largest absolute Gasteiger partial charge is 0.495 e. The molecule has 0 aliphatic carbocycles. The molecule has 0 heterocycles. The van der Waals surface area contributed by atoms with Crippen LogP contribution in [0.5, 0.6) is 5.75 Å². The van der Waals surface area contributed by atoms with Gasteiger partial charge in [0.15, 0.2) is 0 Å². The summed E-state index contributed by atoms with van der Waals surface area (Å²) in [5.74, 6) is 2.15. The van der Waals surface area contributed by atoms with Crippen molar-refractivity contribution < 1.29 is 19.1 Å². The van der Waals surface area contributed by atoms with Crippen molar-refractivity contribution in [1.29, 1.82) is 5.41 Å². The lowest BCUT2D eigenvalue weighted by Crippen LogP contribution is -2.40. The van der Waals surface area contributed by atoms with Crippen molar-refractivity contribution in [2.24, 2.45) is 0 Å². The van der Waals surface area contributed by atoms with Gasteiger partial charge in [0.2, 0.25) is 0 Å². The lowest BCUT2D eigenvalue weighted by Gasteiger charge is -2.38. The molecule has 0 aliphatic heterocycles. The van der Waals surface area contributed by atoms with Gasteiger partial charge in [-0.25, -0.2) is 9.69 Å². The number of para-hydroxylation sites is 2. The van der Waals surface area contributed by atoms with E-state index in [9.17, 15) is 9.59 Å². The molecule has 0 bridgehead atoms. The number of carbonyl (C=O) groups excluding carboxylic acids is 2. The van der Waals surface area contributed by atoms with Gasteiger partial charge in [-0.3, -0.25) is 10.2 Å². The van der Waals surface area contributed by atoms with E-state index in [1.54, 1.807) is 31.2 Å². The second kappa shape index (κ2) is 11.3. The van der Waals surface area contributed by atoms with Crippen LogP contribution < -0.4 is 9.64 Å². The summed E-state index contributed by atoms with van der Waals surface area (Å²) in [7, 11) is -0.206. The number of hydrogen-bond acceptors (Lipinski definition) is 5. The Morgan fingerprint density at radius 1 is 1.07 bits per heavy atom. The van der Waals surface area contributed by atoms with E-state index >= 15 is 0 Å². The van der Waals surface area contributed by atoms with E-state index in [2.05, 4.69) is 47.4 Å². The molecule has 0 radical (unpaired) electrons. The zero-order valence-electron chi connectivity index (χ0n) is 19.5. The molecule has 166 valence electrons. The fourth-order valence-electron chi connectivity index (χ4n) is 4.20. The highest BCUT2D eigenvalue weighted by molar-refractivity contribution is 7.78. The van der Waals surface area contributed by atoms with Crippen LogP contribution in [0.15, 0.2) is 29.8 Å². The number of nitrogens with zero attached hydrogens (tertiary/aromatic N) is 1. The maximum Gasteiger partial charge on any atom is 0.421 e. The van der Waals surface area contributed by atoms with E-state index < -0.39 is 19.3 Å². The topological polar surface area (TPSA) is 79.7 Å². The molecule has 0 atom stereocenters. The molecular weight excluding hydrogens is 399 g/mol. The van der Waals surface area contributed by atoms with Gasteiger partial charge >= 0.3 is 6.09 Å². The summed E-state index contributed by atoms with van der Waals surface area (Å²) in [6.45, 7) is 14.9. The van der Waals surface area contributed by atoms with Crippen LogP contribution in [0, 0.1) is 5.41 Å². The van der Waals surface area contributed by atoms with Gasteiger partial charge in [0.25, 0.3) is 5.91 Å². The summed E-state index contributed by atoms with van der Waals surface area (Å²) in [5, 5.41) is 7.89. The van der Waals surface area contributed by atoms with Crippen LogP contribution in [0.3, 0.4) is 0 Å². The van der Waals surface area contributed by atoms with Gasteiger partial charge in [0.1, 0.15) is 11.3 Å². The fraction of sp³-hybridized carbons (Fsp3) is 0.565. The number of amides is 2. The standard InChI is InChI=1S/C23H36N2O4P/c1-9-29-23(27)25(20-12-10-11-13-21(20)28-8)22(26)19(14-24)15-30(16(2)3,17(4)5)18(6)7/h10-13,16-18,24H,9,15H2,1-8H3/q+1. The Hall–Kier alpha value is -2.16. The Bertz CT molecular complexity index is 776. The number of methoxy groups -OCH3 is 1. The first-order chi connectivity index (χ1) is 14.1. The highest BCUT2D eigenvalue weighted by Gasteiger charge is 2.49. The average Bonchev–Trinajstić information content (AvgIpc) is 2.68. The van der Waals surface area contributed by atoms with E-state index in [1.807, 2.05) is 0 Å². The van der Waals surface area contributed by atoms with Crippen molar-refractivity contribution in [3.05, 3.63) is 29.8 Å². The number of anilines is 1. The third-order valence-corrected chi connectivity index (χ3v) is 12.3. The third-order valence-electron chi connectivity index (χ3n) is 5.70. The monoisotopic (exact) mass is 435 g/mol. The predicted molar refractivity (Wildman–Crippen MR) is 126 cm³/mol. The number of benzene rings is 1. The smallest absolute Gasteiger partial charge is 0.421 e. The summed E-state index contributed by atoms with van der Waals surface area (Å²) in [5.41, 5.74) is 1.60. The zero-order chi connectivity index (χ0) is 23.1. The summed E-state index contributed by atoms with van der Waals surface area (Å²) in [4.78, 5) is 27.3. The molecule has 1 aromatic rings. The van der Waals surface area contributed by atoms with Crippen LogP contribution in [0.1, 0.15) is 48.5 Å². The molecule has 0 aliphatic rings. The lowest BCUT2D eigenvalue weighted by atomic mass is 10.2. The number of nitrogens with one attached hydrogen (secondary N) is 1. The van der Waals surface area contributed by atoms with Crippen LogP contribution in [-0.2, 0) is 9.53 Å². The minimum Gasteiger partial charge on any atom is -0.495 e. The van der Waals surface area contributed by atoms with Gasteiger partial charge in [0.05, 0.1) is 42.5 Å². The molecule has 0 saturated carbocycles. The Balaban J connectivity index is 3.53. The Morgan fingerprint density at radius 2 is 1.60 bits per heavy atom. The van der Waals surface area contributed by atoms with Crippen molar-refractivity contribution >= 4 is 30.8 Å². The summed E-state index contributed by atoms with van der Waals surface area (Å²) in [6, 6.07) is 6.79. The van der Waals surface area contributed by atoms with Crippen LogP contribution in [0.25, 0.3) is 0 Å². The van der Waals surface area contributed by atoms with E-state index in [0.29, 0.717) is 34.6 Å². The average molecular weight is 436 g/mol. The van der Waals surface area contributed by atoms with Gasteiger partial charge in [-0.15, -0.1) is 0 Å². The van der Waals surface area contributed by atoms with E-state index in [1.165, 1.54) is 7.11 Å². The van der Waals surface area contributed by atoms with Crippen LogP contribution in [0.2, 0.25) is 0 Å². The first-order valence-electron chi connectivity index (χ1n) is 10.4. The van der Waals surface area contributed by atoms with E-state index in [4.69, 9.17) is 14.9 Å². The van der Waals surface area contributed by atoms with E-state index in [0.717, 1.165) is 4.90 Å². The van der Waals surface area contributed by atoms with Crippen LogP contribution in [0.4, 0.5) is 10.5 Å². The SMILES string of the molecule is CCOC(=O)N(C(=O)C(=C=N)C[P+](C(C)C)(C(C)C)C(C)C)c1ccccc1OC. The molecule has 0 saturated heterocycles. The summed E-state index contributed by atoms with van der Waals surface area (Å²) >= 11 is 0. The molecule has 0 aromatic heterocycles. The van der Waals surface area contributed by atoms with Gasteiger partial charge < -0.3 is 9.47 Å². The highest BCUT2D eigenvalue weighted by atomic mass is 31.2. The first kappa shape index (κ1) is 25.9. The van der Waals surface area contributed by atoms with Gasteiger partial charge in [0, 0.05) is 7.26 Å². The third kappa shape index (κ3) is 5.30. The predicted octanol–water partition coefficient (Wildman–Crippen LogP) is 5.60. The number of hydrogen-bond donors (Lipinski definition) is 1. The van der Waals surface area contributed by atoms with E-state index in [-0.39, 0.29) is 12.2 Å². The minimum atomic E-state index is -1.68. The molecule has 1 rings (SSSR count). The summed E-state index contributed by atoms with van der Waals surface area (Å²) < 4.78 is 10.5. The fourth-order valence-corrected chi connectivity index (χ4v) is 9.63. The summed E-state index contributed by atoms with van der Waals surface area (Å²) in [6.07, 6.45) is -0.338. The first-order valence-corrected chi connectivity index (χ1v) is 12.6. The molecule has 1 aromatic carbocycles. The number of ether oxygens (including phenoxy) is 2. The second-order valence-corrected chi connectivity index (χ2v) is 13.5. The maximum absolute atomic E-state index is 13.6. The number of imide groups is 1. The van der Waals surface area contributed by atoms with Crippen molar-refractivity contribution in [3.8, 4) is 5.75 Å². The number of carbonyl (C=O) groups is 2. The molecule has 0 unspecified atom stereocenters.